The summed E-state index contributed by atoms with van der Waals surface area (Å²) >= 11 is 0. The highest BCUT2D eigenvalue weighted by Crippen LogP contribution is 1.94. The van der Waals surface area contributed by atoms with Crippen molar-refractivity contribution in [1.29, 1.82) is 0 Å². The summed E-state index contributed by atoms with van der Waals surface area (Å²) in [6.45, 7) is 2.67. The molecular weight excluding hydrogens is 174 g/mol. The van der Waals surface area contributed by atoms with Crippen LogP contribution < -0.4 is 5.73 Å². The van der Waals surface area contributed by atoms with Crippen LogP contribution in [0.2, 0.25) is 0 Å². The normalized spacial score (nSPS) is 10.6. The molecule has 0 unspecified atom stereocenters. The van der Waals surface area contributed by atoms with E-state index in [9.17, 15) is 0 Å². The van der Waals surface area contributed by atoms with E-state index in [4.69, 9.17) is 5.73 Å². The van der Waals surface area contributed by atoms with Gasteiger partial charge in [0.15, 0.2) is 0 Å². The molecule has 0 spiro atoms. The third kappa shape index (κ3) is 2.88. The predicted octanol–water partition coefficient (Wildman–Crippen LogP) is 1.23. The van der Waals surface area contributed by atoms with Crippen molar-refractivity contribution in [1.82, 2.24) is 4.98 Å². The van der Waals surface area contributed by atoms with Gasteiger partial charge in [-0.05, 0) is 19.1 Å². The van der Waals surface area contributed by atoms with E-state index in [1.165, 1.54) is 0 Å². The van der Waals surface area contributed by atoms with Gasteiger partial charge < -0.3 is 5.73 Å². The van der Waals surface area contributed by atoms with E-state index in [1.807, 2.05) is 19.1 Å². The first-order valence-electron chi connectivity index (χ1n) is 3.55. The van der Waals surface area contributed by atoms with Crippen molar-refractivity contribution >= 4 is 18.2 Å². The molecular formula is C8H12ClN3. The summed E-state index contributed by atoms with van der Waals surface area (Å²) in [4.78, 5) is 7.94. The van der Waals surface area contributed by atoms with Crippen molar-refractivity contribution in [3.8, 4) is 0 Å². The number of aliphatic imine (C=N–C) groups is 1. The Bertz CT molecular complexity index is 246. The lowest BCUT2D eigenvalue weighted by molar-refractivity contribution is 1.12. The minimum Gasteiger partial charge on any atom is -0.384 e. The van der Waals surface area contributed by atoms with Gasteiger partial charge in [-0.3, -0.25) is 9.98 Å². The molecule has 66 valence electrons. The monoisotopic (exact) mass is 185 g/mol. The molecule has 4 heteroatoms. The van der Waals surface area contributed by atoms with Gasteiger partial charge in [-0.25, -0.2) is 0 Å². The fourth-order valence-corrected chi connectivity index (χ4v) is 0.784. The van der Waals surface area contributed by atoms with Crippen LogP contribution in [0.4, 0.5) is 0 Å². The average molecular weight is 186 g/mol. The average Bonchev–Trinajstić information content (AvgIpc) is 2.07. The van der Waals surface area contributed by atoms with Crippen molar-refractivity contribution in [3.63, 3.8) is 0 Å². The van der Waals surface area contributed by atoms with Crippen LogP contribution >= 0.6 is 12.4 Å². The summed E-state index contributed by atoms with van der Waals surface area (Å²) in [7, 11) is 0. The molecule has 12 heavy (non-hydrogen) atoms. The number of hydrogen-bond donors (Lipinski definition) is 1. The van der Waals surface area contributed by atoms with Crippen LogP contribution in [0.1, 0.15) is 12.5 Å². The van der Waals surface area contributed by atoms with Gasteiger partial charge in [-0.1, -0.05) is 0 Å². The minimum atomic E-state index is 0. The molecule has 0 aliphatic heterocycles. The molecule has 0 aliphatic rings. The maximum absolute atomic E-state index is 5.63. The number of nitrogens with zero attached hydrogens (tertiary/aromatic N) is 2. The van der Waals surface area contributed by atoms with Crippen molar-refractivity contribution in [2.24, 2.45) is 10.7 Å². The van der Waals surface area contributed by atoms with Crippen LogP contribution in [-0.4, -0.2) is 17.4 Å². The SMILES string of the molecule is CCN=C(N)c1ccncc1.Cl. The molecule has 1 heterocycles. The van der Waals surface area contributed by atoms with E-state index >= 15 is 0 Å². The number of hydrogen-bond acceptors (Lipinski definition) is 2. The zero-order valence-corrected chi connectivity index (χ0v) is 7.71. The zero-order valence-electron chi connectivity index (χ0n) is 6.90. The predicted molar refractivity (Wildman–Crippen MR) is 52.8 cm³/mol. The third-order valence-corrected chi connectivity index (χ3v) is 1.30. The largest absolute Gasteiger partial charge is 0.384 e. The molecule has 1 aromatic heterocycles. The molecule has 1 aromatic rings. The molecule has 0 aliphatic carbocycles. The number of nitrogens with two attached hydrogens (primary N) is 1. The first kappa shape index (κ1) is 10.9. The van der Waals surface area contributed by atoms with Crippen molar-refractivity contribution in [2.75, 3.05) is 6.54 Å². The van der Waals surface area contributed by atoms with E-state index < -0.39 is 0 Å². The van der Waals surface area contributed by atoms with Crippen LogP contribution in [0, 0.1) is 0 Å². The maximum atomic E-state index is 5.63. The molecule has 0 atom stereocenters. The Morgan fingerprint density at radius 2 is 2.08 bits per heavy atom. The Balaban J connectivity index is 0.00000121. The van der Waals surface area contributed by atoms with Gasteiger partial charge in [0.05, 0.1) is 0 Å². The summed E-state index contributed by atoms with van der Waals surface area (Å²) < 4.78 is 0. The highest BCUT2D eigenvalue weighted by Gasteiger charge is 1.93. The summed E-state index contributed by atoms with van der Waals surface area (Å²) in [5, 5.41) is 0. The lowest BCUT2D eigenvalue weighted by atomic mass is 10.2. The standard InChI is InChI=1S/C8H11N3.ClH/c1-2-11-8(9)7-3-5-10-6-4-7;/h3-6H,2H2,1H3,(H2,9,11);1H. The van der Waals surface area contributed by atoms with E-state index in [2.05, 4.69) is 9.98 Å². The zero-order chi connectivity index (χ0) is 8.10. The number of pyridine rings is 1. The number of rotatable bonds is 2. The molecule has 0 amide bonds. The van der Waals surface area contributed by atoms with Gasteiger partial charge in [0.2, 0.25) is 0 Å². The Hall–Kier alpha value is -1.09. The fraction of sp³-hybridized carbons (Fsp3) is 0.250. The molecule has 2 N–H and O–H groups in total. The summed E-state index contributed by atoms with van der Waals surface area (Å²) in [6.07, 6.45) is 3.40. The molecule has 1 rings (SSSR count). The maximum Gasteiger partial charge on any atom is 0.125 e. The van der Waals surface area contributed by atoms with Gasteiger partial charge in [0.25, 0.3) is 0 Å². The molecule has 0 bridgehead atoms. The topological polar surface area (TPSA) is 51.3 Å². The first-order valence-corrected chi connectivity index (χ1v) is 3.55. The van der Waals surface area contributed by atoms with E-state index in [-0.39, 0.29) is 12.4 Å². The van der Waals surface area contributed by atoms with Crippen LogP contribution in [0.5, 0.6) is 0 Å². The molecule has 0 radical (unpaired) electrons. The van der Waals surface area contributed by atoms with E-state index in [0.717, 1.165) is 5.56 Å². The lowest BCUT2D eigenvalue weighted by Crippen LogP contribution is -2.13. The van der Waals surface area contributed by atoms with Gasteiger partial charge in [-0.15, -0.1) is 12.4 Å². The second-order valence-corrected chi connectivity index (χ2v) is 2.10. The number of amidine groups is 1. The van der Waals surface area contributed by atoms with E-state index in [1.54, 1.807) is 12.4 Å². The van der Waals surface area contributed by atoms with Crippen molar-refractivity contribution in [3.05, 3.63) is 30.1 Å². The summed E-state index contributed by atoms with van der Waals surface area (Å²) in [5.41, 5.74) is 6.56. The Morgan fingerprint density at radius 1 is 1.50 bits per heavy atom. The highest BCUT2D eigenvalue weighted by atomic mass is 35.5. The fourth-order valence-electron chi connectivity index (χ4n) is 0.784. The number of aromatic nitrogens is 1. The quantitative estimate of drug-likeness (QED) is 0.557. The highest BCUT2D eigenvalue weighted by molar-refractivity contribution is 5.97. The summed E-state index contributed by atoms with van der Waals surface area (Å²) in [6, 6.07) is 3.68. The van der Waals surface area contributed by atoms with Gasteiger partial charge in [0, 0.05) is 24.5 Å². The second kappa shape index (κ2) is 5.55. The van der Waals surface area contributed by atoms with Gasteiger partial charge in [0.1, 0.15) is 5.84 Å². The minimum absolute atomic E-state index is 0. The summed E-state index contributed by atoms with van der Waals surface area (Å²) in [5.74, 6) is 0.579. The Kier molecular flexibility index (Phi) is 5.04. The first-order chi connectivity index (χ1) is 5.34. The third-order valence-electron chi connectivity index (χ3n) is 1.30. The van der Waals surface area contributed by atoms with Gasteiger partial charge >= 0.3 is 0 Å². The number of halogens is 1. The second-order valence-electron chi connectivity index (χ2n) is 2.10. The van der Waals surface area contributed by atoms with Crippen molar-refractivity contribution < 1.29 is 0 Å². The Morgan fingerprint density at radius 3 is 2.58 bits per heavy atom. The van der Waals surface area contributed by atoms with Crippen molar-refractivity contribution in [2.45, 2.75) is 6.92 Å². The molecule has 0 aromatic carbocycles. The molecule has 3 nitrogen and oxygen atoms in total. The van der Waals surface area contributed by atoms with Gasteiger partial charge in [-0.2, -0.15) is 0 Å². The molecule has 0 fully saturated rings. The smallest absolute Gasteiger partial charge is 0.125 e. The Labute approximate surface area is 78.1 Å². The molecule has 0 saturated heterocycles. The van der Waals surface area contributed by atoms with Crippen LogP contribution in [-0.2, 0) is 0 Å². The lowest BCUT2D eigenvalue weighted by Gasteiger charge is -1.97. The van der Waals surface area contributed by atoms with Crippen LogP contribution in [0.15, 0.2) is 29.5 Å². The molecule has 0 saturated carbocycles. The van der Waals surface area contributed by atoms with E-state index in [0.29, 0.717) is 12.4 Å². The van der Waals surface area contributed by atoms with Crippen LogP contribution in [0.25, 0.3) is 0 Å². The van der Waals surface area contributed by atoms with Crippen LogP contribution in [0.3, 0.4) is 0 Å².